The van der Waals surface area contributed by atoms with Gasteiger partial charge in [-0.3, -0.25) is 4.79 Å². The summed E-state index contributed by atoms with van der Waals surface area (Å²) in [6.07, 6.45) is -0.914. The van der Waals surface area contributed by atoms with Gasteiger partial charge in [-0.05, 0) is 38.5 Å². The first kappa shape index (κ1) is 14.5. The zero-order chi connectivity index (χ0) is 13.8. The molecule has 0 aliphatic rings. The summed E-state index contributed by atoms with van der Waals surface area (Å²) in [7, 11) is 1.58. The number of aliphatic hydroxyl groups excluding tert-OH is 1. The Morgan fingerprint density at radius 3 is 2.33 bits per heavy atom. The van der Waals surface area contributed by atoms with Gasteiger partial charge >= 0.3 is 5.97 Å². The van der Waals surface area contributed by atoms with Gasteiger partial charge in [0.2, 0.25) is 0 Å². The Bertz CT molecular complexity index is 395. The summed E-state index contributed by atoms with van der Waals surface area (Å²) in [5.41, 5.74) is -0.321. The molecule has 1 rings (SSSR count). The van der Waals surface area contributed by atoms with Gasteiger partial charge in [0.05, 0.1) is 25.2 Å². The fraction of sp³-hybridized carbons (Fsp3) is 0.500. The summed E-state index contributed by atoms with van der Waals surface area (Å²) in [6, 6.07) is 6.98. The Kier molecular flexibility index (Phi) is 4.73. The lowest BCUT2D eigenvalue weighted by Crippen LogP contribution is -2.33. The van der Waals surface area contributed by atoms with Crippen LogP contribution >= 0.6 is 0 Å². The normalized spacial score (nSPS) is 12.9. The molecule has 1 atom stereocenters. The molecule has 4 heteroatoms. The number of ether oxygens (including phenoxy) is 2. The number of hydrogen-bond acceptors (Lipinski definition) is 4. The van der Waals surface area contributed by atoms with E-state index in [0.29, 0.717) is 17.9 Å². The molecule has 4 nitrogen and oxygen atoms in total. The van der Waals surface area contributed by atoms with Crippen molar-refractivity contribution in [2.75, 3.05) is 13.7 Å². The Morgan fingerprint density at radius 2 is 1.89 bits per heavy atom. The molecule has 0 aromatic heterocycles. The van der Waals surface area contributed by atoms with E-state index in [0.717, 1.165) is 0 Å². The lowest BCUT2D eigenvalue weighted by molar-refractivity contribution is -0.160. The fourth-order valence-electron chi connectivity index (χ4n) is 1.63. The van der Waals surface area contributed by atoms with Gasteiger partial charge in [-0.2, -0.15) is 0 Å². The summed E-state index contributed by atoms with van der Waals surface area (Å²) in [5, 5.41) is 10.3. The van der Waals surface area contributed by atoms with Gasteiger partial charge in [-0.25, -0.2) is 0 Å². The third-order valence-corrected chi connectivity index (χ3v) is 2.92. The number of benzene rings is 1. The van der Waals surface area contributed by atoms with Crippen LogP contribution in [0.4, 0.5) is 0 Å². The molecular weight excluding hydrogens is 232 g/mol. The number of esters is 1. The van der Waals surface area contributed by atoms with Crippen LogP contribution in [0.15, 0.2) is 24.3 Å². The maximum Gasteiger partial charge on any atom is 0.314 e. The largest absolute Gasteiger partial charge is 0.497 e. The van der Waals surface area contributed by atoms with Gasteiger partial charge in [-0.1, -0.05) is 12.1 Å². The van der Waals surface area contributed by atoms with E-state index in [-0.39, 0.29) is 0 Å². The summed E-state index contributed by atoms with van der Waals surface area (Å²) in [5.74, 6) is 0.299. The average molecular weight is 252 g/mol. The molecule has 0 heterocycles. The van der Waals surface area contributed by atoms with Crippen LogP contribution in [-0.4, -0.2) is 24.8 Å². The van der Waals surface area contributed by atoms with Crippen LogP contribution in [-0.2, 0) is 9.53 Å². The van der Waals surface area contributed by atoms with Crippen molar-refractivity contribution in [3.8, 4) is 5.75 Å². The van der Waals surface area contributed by atoms with Crippen LogP contribution in [0, 0.1) is 5.41 Å². The van der Waals surface area contributed by atoms with E-state index in [4.69, 9.17) is 9.47 Å². The first-order valence-electron chi connectivity index (χ1n) is 5.92. The Morgan fingerprint density at radius 1 is 1.33 bits per heavy atom. The zero-order valence-electron chi connectivity index (χ0n) is 11.3. The third-order valence-electron chi connectivity index (χ3n) is 2.92. The molecule has 0 saturated heterocycles. The topological polar surface area (TPSA) is 55.8 Å². The molecule has 0 radical (unpaired) electrons. The monoisotopic (exact) mass is 252 g/mol. The van der Waals surface area contributed by atoms with Crippen LogP contribution in [0.25, 0.3) is 0 Å². The minimum atomic E-state index is -0.982. The highest BCUT2D eigenvalue weighted by molar-refractivity contribution is 5.77. The molecule has 0 amide bonds. The lowest BCUT2D eigenvalue weighted by atomic mass is 9.82. The highest BCUT2D eigenvalue weighted by atomic mass is 16.5. The molecule has 0 bridgehead atoms. The molecule has 0 unspecified atom stereocenters. The van der Waals surface area contributed by atoms with E-state index in [2.05, 4.69) is 0 Å². The second-order valence-corrected chi connectivity index (χ2v) is 4.62. The number of carbonyl (C=O) groups excluding carboxylic acids is 1. The minimum Gasteiger partial charge on any atom is -0.497 e. The minimum absolute atomic E-state index is 0.303. The standard InChI is InChI=1S/C14H20O4/c1-5-18-13(16)14(2,3)12(15)10-6-8-11(17-4)9-7-10/h6-9,12,15H,5H2,1-4H3/t12-/m0/s1. The van der Waals surface area contributed by atoms with Gasteiger partial charge in [0.1, 0.15) is 5.75 Å². The van der Waals surface area contributed by atoms with E-state index in [9.17, 15) is 9.90 Å². The van der Waals surface area contributed by atoms with Crippen LogP contribution in [0.2, 0.25) is 0 Å². The van der Waals surface area contributed by atoms with Crippen molar-refractivity contribution in [2.45, 2.75) is 26.9 Å². The molecule has 0 saturated carbocycles. The van der Waals surface area contributed by atoms with Gasteiger partial charge in [0, 0.05) is 0 Å². The summed E-state index contributed by atoms with van der Waals surface area (Å²) in [4.78, 5) is 11.8. The van der Waals surface area contributed by atoms with Gasteiger partial charge in [0.15, 0.2) is 0 Å². The number of carbonyl (C=O) groups is 1. The second kappa shape index (κ2) is 5.87. The molecule has 1 aromatic carbocycles. The van der Waals surface area contributed by atoms with Crippen molar-refractivity contribution in [2.24, 2.45) is 5.41 Å². The highest BCUT2D eigenvalue weighted by Crippen LogP contribution is 2.35. The number of methoxy groups -OCH3 is 1. The number of hydrogen-bond donors (Lipinski definition) is 1. The van der Waals surface area contributed by atoms with Crippen molar-refractivity contribution < 1.29 is 19.4 Å². The number of rotatable bonds is 5. The van der Waals surface area contributed by atoms with Crippen LogP contribution in [0.3, 0.4) is 0 Å². The Hall–Kier alpha value is -1.55. The maximum absolute atomic E-state index is 11.8. The zero-order valence-corrected chi connectivity index (χ0v) is 11.3. The summed E-state index contributed by atoms with van der Waals surface area (Å²) < 4.78 is 10.0. The highest BCUT2D eigenvalue weighted by Gasteiger charge is 2.38. The van der Waals surface area contributed by atoms with Crippen molar-refractivity contribution in [3.63, 3.8) is 0 Å². The summed E-state index contributed by atoms with van der Waals surface area (Å²) >= 11 is 0. The molecule has 18 heavy (non-hydrogen) atoms. The molecule has 0 aliphatic heterocycles. The van der Waals surface area contributed by atoms with Gasteiger partial charge in [-0.15, -0.1) is 0 Å². The molecule has 0 spiro atoms. The first-order valence-corrected chi connectivity index (χ1v) is 5.92. The van der Waals surface area contributed by atoms with Crippen molar-refractivity contribution in [1.82, 2.24) is 0 Å². The van der Waals surface area contributed by atoms with Crippen LogP contribution in [0.5, 0.6) is 5.75 Å². The van der Waals surface area contributed by atoms with E-state index in [1.54, 1.807) is 52.1 Å². The van der Waals surface area contributed by atoms with Crippen molar-refractivity contribution in [1.29, 1.82) is 0 Å². The molecular formula is C14H20O4. The van der Waals surface area contributed by atoms with Gasteiger partial charge in [0.25, 0.3) is 0 Å². The molecule has 1 N–H and O–H groups in total. The lowest BCUT2D eigenvalue weighted by Gasteiger charge is -2.28. The van der Waals surface area contributed by atoms with Crippen molar-refractivity contribution in [3.05, 3.63) is 29.8 Å². The first-order chi connectivity index (χ1) is 8.43. The molecule has 100 valence electrons. The van der Waals surface area contributed by atoms with E-state index < -0.39 is 17.5 Å². The SMILES string of the molecule is CCOC(=O)C(C)(C)[C@@H](O)c1ccc(OC)cc1. The predicted molar refractivity (Wildman–Crippen MR) is 68.4 cm³/mol. The average Bonchev–Trinajstić information content (AvgIpc) is 2.38. The predicted octanol–water partition coefficient (Wildman–Crippen LogP) is 2.32. The van der Waals surface area contributed by atoms with E-state index in [1.807, 2.05) is 0 Å². The van der Waals surface area contributed by atoms with Crippen LogP contribution in [0.1, 0.15) is 32.4 Å². The summed E-state index contributed by atoms with van der Waals surface area (Å²) in [6.45, 7) is 5.38. The second-order valence-electron chi connectivity index (χ2n) is 4.62. The smallest absolute Gasteiger partial charge is 0.314 e. The fourth-order valence-corrected chi connectivity index (χ4v) is 1.63. The van der Waals surface area contributed by atoms with E-state index in [1.165, 1.54) is 0 Å². The Labute approximate surface area is 108 Å². The van der Waals surface area contributed by atoms with E-state index >= 15 is 0 Å². The molecule has 1 aromatic rings. The van der Waals surface area contributed by atoms with Crippen LogP contribution < -0.4 is 4.74 Å². The van der Waals surface area contributed by atoms with Gasteiger partial charge < -0.3 is 14.6 Å². The molecule has 0 fully saturated rings. The Balaban J connectivity index is 2.90. The third kappa shape index (κ3) is 3.01. The maximum atomic E-state index is 11.8. The van der Waals surface area contributed by atoms with Crippen molar-refractivity contribution >= 4 is 5.97 Å². The number of aliphatic hydroxyl groups is 1. The molecule has 0 aliphatic carbocycles. The quantitative estimate of drug-likeness (QED) is 0.817.